The second kappa shape index (κ2) is 6.28. The number of rotatable bonds is 3. The van der Waals surface area contributed by atoms with Crippen molar-refractivity contribution in [3.63, 3.8) is 0 Å². The van der Waals surface area contributed by atoms with E-state index in [1.165, 1.54) is 11.9 Å². The van der Waals surface area contributed by atoms with E-state index >= 15 is 0 Å². The standard InChI is InChI=1S/C18H17BrN2O3/c1-12(22)21-18(2,14-7-9-16(23-3)10-8-14)24-17(20-21)13-5-4-6-15(19)11-13/h4-11H,1-3H3/t18-/m0/s1. The smallest absolute Gasteiger partial charge is 0.243 e. The Kier molecular flexibility index (Phi) is 4.32. The Balaban J connectivity index is 2.00. The first kappa shape index (κ1) is 16.5. The van der Waals surface area contributed by atoms with E-state index in [1.807, 2.05) is 55.5 Å². The third-order valence-electron chi connectivity index (χ3n) is 3.89. The van der Waals surface area contributed by atoms with E-state index in [9.17, 15) is 4.79 Å². The van der Waals surface area contributed by atoms with Crippen LogP contribution in [0.25, 0.3) is 0 Å². The molecule has 0 saturated heterocycles. The van der Waals surface area contributed by atoms with Gasteiger partial charge in [0.25, 0.3) is 0 Å². The molecule has 0 spiro atoms. The fourth-order valence-corrected chi connectivity index (χ4v) is 3.03. The molecule has 3 rings (SSSR count). The molecular formula is C18H17BrN2O3. The number of carbonyl (C=O) groups excluding carboxylic acids is 1. The van der Waals surface area contributed by atoms with Crippen LogP contribution >= 0.6 is 15.9 Å². The molecule has 0 radical (unpaired) electrons. The Labute approximate surface area is 149 Å². The highest BCUT2D eigenvalue weighted by atomic mass is 79.9. The number of ether oxygens (including phenoxy) is 2. The van der Waals surface area contributed by atoms with Crippen LogP contribution < -0.4 is 4.74 Å². The van der Waals surface area contributed by atoms with Crippen molar-refractivity contribution < 1.29 is 14.3 Å². The van der Waals surface area contributed by atoms with Gasteiger partial charge in [-0.05, 0) is 42.5 Å². The van der Waals surface area contributed by atoms with E-state index < -0.39 is 5.72 Å². The molecule has 2 aromatic carbocycles. The van der Waals surface area contributed by atoms with Crippen LogP contribution in [0.1, 0.15) is 25.0 Å². The Morgan fingerprint density at radius 3 is 2.54 bits per heavy atom. The zero-order valence-corrected chi connectivity index (χ0v) is 15.2. The number of amides is 1. The predicted molar refractivity (Wildman–Crippen MR) is 94.6 cm³/mol. The Hall–Kier alpha value is -2.34. The van der Waals surface area contributed by atoms with Crippen LogP contribution in [0.4, 0.5) is 0 Å². The first-order valence-corrected chi connectivity index (χ1v) is 8.22. The lowest BCUT2D eigenvalue weighted by molar-refractivity contribution is -0.146. The van der Waals surface area contributed by atoms with Crippen LogP contribution in [0.3, 0.4) is 0 Å². The molecule has 0 saturated carbocycles. The minimum Gasteiger partial charge on any atom is -0.497 e. The number of hydrazone groups is 1. The molecule has 0 aromatic heterocycles. The average Bonchev–Trinajstić information content (AvgIpc) is 2.94. The van der Waals surface area contributed by atoms with E-state index in [1.54, 1.807) is 7.11 Å². The van der Waals surface area contributed by atoms with Crippen LogP contribution in [-0.2, 0) is 15.3 Å². The summed E-state index contributed by atoms with van der Waals surface area (Å²) in [6.07, 6.45) is 0. The molecule has 1 heterocycles. The molecule has 124 valence electrons. The third-order valence-corrected chi connectivity index (χ3v) is 4.38. The fraction of sp³-hybridized carbons (Fsp3) is 0.222. The van der Waals surface area contributed by atoms with Crippen LogP contribution in [0, 0.1) is 0 Å². The van der Waals surface area contributed by atoms with Gasteiger partial charge in [-0.15, -0.1) is 5.10 Å². The number of nitrogens with zero attached hydrogens (tertiary/aromatic N) is 2. The summed E-state index contributed by atoms with van der Waals surface area (Å²) in [5, 5.41) is 5.76. The summed E-state index contributed by atoms with van der Waals surface area (Å²) in [7, 11) is 1.61. The molecule has 6 heteroatoms. The third kappa shape index (κ3) is 2.89. The number of halogens is 1. The quantitative estimate of drug-likeness (QED) is 0.801. The topological polar surface area (TPSA) is 51.1 Å². The fourth-order valence-electron chi connectivity index (χ4n) is 2.63. The van der Waals surface area contributed by atoms with Crippen LogP contribution in [0.15, 0.2) is 58.1 Å². The first-order valence-electron chi connectivity index (χ1n) is 7.43. The van der Waals surface area contributed by atoms with Crippen molar-refractivity contribution in [2.45, 2.75) is 19.6 Å². The van der Waals surface area contributed by atoms with Gasteiger partial charge in [0.05, 0.1) is 7.11 Å². The minimum absolute atomic E-state index is 0.196. The van der Waals surface area contributed by atoms with Crippen molar-refractivity contribution in [1.82, 2.24) is 5.01 Å². The van der Waals surface area contributed by atoms with Gasteiger partial charge in [-0.25, -0.2) is 0 Å². The maximum Gasteiger partial charge on any atom is 0.243 e. The van der Waals surface area contributed by atoms with E-state index in [0.29, 0.717) is 5.90 Å². The van der Waals surface area contributed by atoms with Crippen molar-refractivity contribution in [3.05, 3.63) is 64.1 Å². The highest BCUT2D eigenvalue weighted by Crippen LogP contribution is 2.37. The number of benzene rings is 2. The van der Waals surface area contributed by atoms with E-state index in [2.05, 4.69) is 21.0 Å². The van der Waals surface area contributed by atoms with Gasteiger partial charge in [0.1, 0.15) is 5.75 Å². The Morgan fingerprint density at radius 2 is 1.96 bits per heavy atom. The maximum atomic E-state index is 12.1. The summed E-state index contributed by atoms with van der Waals surface area (Å²) in [4.78, 5) is 12.1. The minimum atomic E-state index is -1.00. The summed E-state index contributed by atoms with van der Waals surface area (Å²) >= 11 is 3.44. The highest BCUT2D eigenvalue weighted by molar-refractivity contribution is 9.10. The molecule has 1 aliphatic rings. The molecule has 0 fully saturated rings. The molecule has 0 N–H and O–H groups in total. The number of hydrogen-bond acceptors (Lipinski definition) is 4. The molecule has 5 nitrogen and oxygen atoms in total. The molecule has 0 bridgehead atoms. The predicted octanol–water partition coefficient (Wildman–Crippen LogP) is 3.87. The normalized spacial score (nSPS) is 19.7. The van der Waals surface area contributed by atoms with Crippen molar-refractivity contribution >= 4 is 27.7 Å². The number of carbonyl (C=O) groups is 1. The van der Waals surface area contributed by atoms with Gasteiger partial charge >= 0.3 is 0 Å². The van der Waals surface area contributed by atoms with E-state index in [-0.39, 0.29) is 5.91 Å². The lowest BCUT2D eigenvalue weighted by Gasteiger charge is -2.31. The molecule has 1 aliphatic heterocycles. The van der Waals surface area contributed by atoms with Gasteiger partial charge in [-0.3, -0.25) is 4.79 Å². The Bertz CT molecular complexity index is 804. The summed E-state index contributed by atoms with van der Waals surface area (Å²) in [5.41, 5.74) is 0.607. The number of methoxy groups -OCH3 is 1. The van der Waals surface area contributed by atoms with Crippen LogP contribution in [0.5, 0.6) is 5.75 Å². The van der Waals surface area contributed by atoms with Gasteiger partial charge in [0.15, 0.2) is 0 Å². The Morgan fingerprint density at radius 1 is 1.25 bits per heavy atom. The number of hydrogen-bond donors (Lipinski definition) is 0. The lowest BCUT2D eigenvalue weighted by atomic mass is 10.0. The second-order valence-electron chi connectivity index (χ2n) is 5.56. The average molecular weight is 389 g/mol. The van der Waals surface area contributed by atoms with Crippen molar-refractivity contribution in [2.24, 2.45) is 5.10 Å². The molecular weight excluding hydrogens is 372 g/mol. The largest absolute Gasteiger partial charge is 0.497 e. The monoisotopic (exact) mass is 388 g/mol. The molecule has 0 unspecified atom stereocenters. The lowest BCUT2D eigenvalue weighted by Crippen LogP contribution is -2.41. The zero-order chi connectivity index (χ0) is 17.3. The molecule has 1 amide bonds. The van der Waals surface area contributed by atoms with Gasteiger partial charge in [-0.2, -0.15) is 5.01 Å². The van der Waals surface area contributed by atoms with Crippen molar-refractivity contribution in [2.75, 3.05) is 7.11 Å². The molecule has 24 heavy (non-hydrogen) atoms. The summed E-state index contributed by atoms with van der Waals surface area (Å²) < 4.78 is 12.2. The van der Waals surface area contributed by atoms with Crippen molar-refractivity contribution in [1.29, 1.82) is 0 Å². The second-order valence-corrected chi connectivity index (χ2v) is 6.48. The first-order chi connectivity index (χ1) is 11.4. The van der Waals surface area contributed by atoms with Gasteiger partial charge < -0.3 is 9.47 Å². The zero-order valence-electron chi connectivity index (χ0n) is 13.6. The van der Waals surface area contributed by atoms with Gasteiger partial charge in [-0.1, -0.05) is 22.0 Å². The van der Waals surface area contributed by atoms with Gasteiger partial charge in [0.2, 0.25) is 17.5 Å². The van der Waals surface area contributed by atoms with Crippen LogP contribution in [-0.4, -0.2) is 23.9 Å². The SMILES string of the molecule is COc1ccc([C@]2(C)OC(c3cccc(Br)c3)=NN2C(C)=O)cc1. The molecule has 0 aliphatic carbocycles. The molecule has 2 aromatic rings. The summed E-state index contributed by atoms with van der Waals surface area (Å²) in [5.74, 6) is 0.950. The summed E-state index contributed by atoms with van der Waals surface area (Å²) in [6, 6.07) is 15.0. The van der Waals surface area contributed by atoms with Crippen molar-refractivity contribution in [3.8, 4) is 5.75 Å². The van der Waals surface area contributed by atoms with E-state index in [0.717, 1.165) is 21.3 Å². The van der Waals surface area contributed by atoms with Gasteiger partial charge in [0, 0.05) is 29.4 Å². The molecule has 1 atom stereocenters. The summed E-state index contributed by atoms with van der Waals surface area (Å²) in [6.45, 7) is 3.29. The van der Waals surface area contributed by atoms with E-state index in [4.69, 9.17) is 9.47 Å². The maximum absolute atomic E-state index is 12.1. The highest BCUT2D eigenvalue weighted by Gasteiger charge is 2.44. The van der Waals surface area contributed by atoms with Crippen LogP contribution in [0.2, 0.25) is 0 Å².